The summed E-state index contributed by atoms with van der Waals surface area (Å²) in [5.41, 5.74) is 0. The number of thiol groups is 1. The second kappa shape index (κ2) is 2.58. The summed E-state index contributed by atoms with van der Waals surface area (Å²) in [5.74, 6) is 1.37. The minimum Gasteiger partial charge on any atom is -0.259 e. The lowest BCUT2D eigenvalue weighted by Crippen LogP contribution is -1.71. The monoisotopic (exact) mass is 92.1 g/mol. The van der Waals surface area contributed by atoms with Crippen LogP contribution in [-0.2, 0) is 0 Å². The standard InChI is InChI=1S/C4H12S/c1-4-5(2)3/h5H,4H2,1-3H3. The molecular formula is C4H12S. The maximum absolute atomic E-state index is 2.29. The molecule has 0 spiro atoms. The summed E-state index contributed by atoms with van der Waals surface area (Å²) in [6.07, 6.45) is 4.57. The first-order valence-corrected chi connectivity index (χ1v) is 4.34. The Hall–Kier alpha value is 0.350. The molecule has 0 radical (unpaired) electrons. The van der Waals surface area contributed by atoms with Crippen molar-refractivity contribution in [3.63, 3.8) is 0 Å². The van der Waals surface area contributed by atoms with Gasteiger partial charge in [-0.15, -0.1) is 0 Å². The van der Waals surface area contributed by atoms with E-state index in [1.807, 2.05) is 0 Å². The first-order valence-electron chi connectivity index (χ1n) is 1.92. The zero-order valence-corrected chi connectivity index (χ0v) is 5.05. The van der Waals surface area contributed by atoms with E-state index in [-0.39, 0.29) is 0 Å². The van der Waals surface area contributed by atoms with E-state index in [0.717, 1.165) is 0 Å². The van der Waals surface area contributed by atoms with Crippen molar-refractivity contribution in [1.29, 1.82) is 0 Å². The molecule has 0 unspecified atom stereocenters. The summed E-state index contributed by atoms with van der Waals surface area (Å²) in [7, 11) is 0.402. The molecule has 0 bridgehead atoms. The Bertz CT molecular complexity index is 17.6. The highest BCUT2D eigenvalue weighted by atomic mass is 32.2. The van der Waals surface area contributed by atoms with Crippen LogP contribution in [0.1, 0.15) is 6.92 Å². The minimum absolute atomic E-state index is 0.402. The quantitative estimate of drug-likeness (QED) is 0.463. The molecule has 0 aromatic carbocycles. The third-order valence-electron chi connectivity index (χ3n) is 0.632. The van der Waals surface area contributed by atoms with E-state index in [4.69, 9.17) is 0 Å². The van der Waals surface area contributed by atoms with Gasteiger partial charge in [0.25, 0.3) is 0 Å². The molecule has 1 heteroatoms. The third-order valence-corrected chi connectivity index (χ3v) is 1.90. The molecule has 0 aliphatic heterocycles. The van der Waals surface area contributed by atoms with E-state index >= 15 is 0 Å². The zero-order chi connectivity index (χ0) is 4.28. The second-order valence-electron chi connectivity index (χ2n) is 1.40. The molecule has 0 aromatic heterocycles. The Morgan fingerprint density at radius 3 is 1.60 bits per heavy atom. The molecule has 0 aliphatic rings. The number of rotatable bonds is 1. The van der Waals surface area contributed by atoms with Crippen LogP contribution >= 0.6 is 10.9 Å². The molecular weight excluding hydrogens is 80.1 g/mol. The maximum atomic E-state index is 2.29. The summed E-state index contributed by atoms with van der Waals surface area (Å²) >= 11 is 0. The highest BCUT2D eigenvalue weighted by molar-refractivity contribution is 8.15. The van der Waals surface area contributed by atoms with Crippen molar-refractivity contribution in [2.75, 3.05) is 18.3 Å². The lowest BCUT2D eigenvalue weighted by molar-refractivity contribution is 1.52. The van der Waals surface area contributed by atoms with Crippen LogP contribution in [0.2, 0.25) is 0 Å². The minimum atomic E-state index is 0.402. The van der Waals surface area contributed by atoms with Crippen molar-refractivity contribution in [2.45, 2.75) is 6.92 Å². The molecule has 0 aliphatic carbocycles. The van der Waals surface area contributed by atoms with E-state index in [0.29, 0.717) is 10.9 Å². The van der Waals surface area contributed by atoms with E-state index in [1.54, 1.807) is 0 Å². The SMILES string of the molecule is CC[SH](C)C. The fraction of sp³-hybridized carbons (Fsp3) is 1.00. The molecule has 0 fully saturated rings. The van der Waals surface area contributed by atoms with Gasteiger partial charge >= 0.3 is 0 Å². The van der Waals surface area contributed by atoms with Gasteiger partial charge in [0, 0.05) is 0 Å². The largest absolute Gasteiger partial charge is 0.259 e. The van der Waals surface area contributed by atoms with Crippen LogP contribution in [-0.4, -0.2) is 18.3 Å². The molecule has 0 N–H and O–H groups in total. The fourth-order valence-corrected chi connectivity index (χ4v) is 0. The Labute approximate surface area is 36.9 Å². The van der Waals surface area contributed by atoms with Gasteiger partial charge in [0.1, 0.15) is 0 Å². The van der Waals surface area contributed by atoms with Crippen molar-refractivity contribution in [3.8, 4) is 0 Å². The van der Waals surface area contributed by atoms with E-state index in [9.17, 15) is 0 Å². The molecule has 0 nitrogen and oxygen atoms in total. The van der Waals surface area contributed by atoms with Gasteiger partial charge in [-0.3, -0.25) is 10.9 Å². The van der Waals surface area contributed by atoms with E-state index in [1.165, 1.54) is 5.75 Å². The van der Waals surface area contributed by atoms with Gasteiger partial charge in [0.2, 0.25) is 0 Å². The first-order chi connectivity index (χ1) is 2.27. The summed E-state index contributed by atoms with van der Waals surface area (Å²) in [6.45, 7) is 2.23. The molecule has 34 valence electrons. The number of hydrogen-bond acceptors (Lipinski definition) is 0. The molecule has 0 atom stereocenters. The van der Waals surface area contributed by atoms with Gasteiger partial charge in [0.05, 0.1) is 0 Å². The summed E-state index contributed by atoms with van der Waals surface area (Å²) in [5, 5.41) is 0. The molecule has 0 amide bonds. The topological polar surface area (TPSA) is 0 Å². The van der Waals surface area contributed by atoms with Crippen LogP contribution in [0.15, 0.2) is 0 Å². The maximum Gasteiger partial charge on any atom is -0.0286 e. The van der Waals surface area contributed by atoms with Crippen LogP contribution in [0.4, 0.5) is 0 Å². The van der Waals surface area contributed by atoms with E-state index < -0.39 is 0 Å². The Morgan fingerprint density at radius 1 is 1.40 bits per heavy atom. The lowest BCUT2D eigenvalue weighted by Gasteiger charge is -1.98. The van der Waals surface area contributed by atoms with Gasteiger partial charge in [-0.05, 0) is 18.3 Å². The Morgan fingerprint density at radius 2 is 1.60 bits per heavy atom. The van der Waals surface area contributed by atoms with Crippen LogP contribution < -0.4 is 0 Å². The molecule has 0 heterocycles. The highest BCUT2D eigenvalue weighted by Gasteiger charge is 1.72. The molecule has 0 saturated heterocycles. The smallest absolute Gasteiger partial charge is 0.0286 e. The molecule has 0 rings (SSSR count). The van der Waals surface area contributed by atoms with Crippen molar-refractivity contribution in [2.24, 2.45) is 0 Å². The summed E-state index contributed by atoms with van der Waals surface area (Å²) in [6, 6.07) is 0. The van der Waals surface area contributed by atoms with Crippen molar-refractivity contribution < 1.29 is 0 Å². The third kappa shape index (κ3) is 4.35. The van der Waals surface area contributed by atoms with Crippen molar-refractivity contribution in [3.05, 3.63) is 0 Å². The predicted molar refractivity (Wildman–Crippen MR) is 31.4 cm³/mol. The van der Waals surface area contributed by atoms with Crippen LogP contribution in [0, 0.1) is 0 Å². The second-order valence-corrected chi connectivity index (χ2v) is 4.19. The molecule has 5 heavy (non-hydrogen) atoms. The highest BCUT2D eigenvalue weighted by Crippen LogP contribution is 2.09. The average molecular weight is 92.2 g/mol. The van der Waals surface area contributed by atoms with Gasteiger partial charge in [-0.25, -0.2) is 0 Å². The predicted octanol–water partition coefficient (Wildman–Crippen LogP) is 1.27. The summed E-state index contributed by atoms with van der Waals surface area (Å²) in [4.78, 5) is 0. The molecule has 0 aromatic rings. The normalized spacial score (nSPS) is 11.4. The Kier molecular flexibility index (Phi) is 2.76. The van der Waals surface area contributed by atoms with Crippen molar-refractivity contribution >= 4 is 10.9 Å². The molecule has 0 saturated carbocycles. The van der Waals surface area contributed by atoms with Gasteiger partial charge in [-0.1, -0.05) is 6.92 Å². The van der Waals surface area contributed by atoms with Crippen LogP contribution in [0.5, 0.6) is 0 Å². The fourth-order valence-electron chi connectivity index (χ4n) is 0. The Balaban J connectivity index is 2.54. The van der Waals surface area contributed by atoms with Gasteiger partial charge in [-0.2, -0.15) is 0 Å². The van der Waals surface area contributed by atoms with Gasteiger partial charge < -0.3 is 0 Å². The average Bonchev–Trinajstić information content (AvgIpc) is 1.38. The van der Waals surface area contributed by atoms with Crippen LogP contribution in [0.3, 0.4) is 0 Å². The van der Waals surface area contributed by atoms with Crippen LogP contribution in [0.25, 0.3) is 0 Å². The lowest BCUT2D eigenvalue weighted by atomic mass is 11.0. The summed E-state index contributed by atoms with van der Waals surface area (Å²) < 4.78 is 0. The number of hydrogen-bond donors (Lipinski definition) is 1. The van der Waals surface area contributed by atoms with E-state index in [2.05, 4.69) is 19.4 Å². The zero-order valence-electron chi connectivity index (χ0n) is 4.15. The van der Waals surface area contributed by atoms with Crippen molar-refractivity contribution in [1.82, 2.24) is 0 Å². The van der Waals surface area contributed by atoms with Gasteiger partial charge in [0.15, 0.2) is 0 Å². The first kappa shape index (κ1) is 5.35.